The lowest BCUT2D eigenvalue weighted by atomic mass is 10.2. The SMILES string of the molecule is CCCCC[N+]1(C=O)C=CC=N1. The van der Waals surface area contributed by atoms with Crippen LogP contribution in [0.1, 0.15) is 26.2 Å². The van der Waals surface area contributed by atoms with Crippen LogP contribution >= 0.6 is 0 Å². The molecule has 1 aliphatic heterocycles. The first kappa shape index (κ1) is 9.13. The van der Waals surface area contributed by atoms with Gasteiger partial charge in [-0.25, -0.2) is 4.79 Å². The summed E-state index contributed by atoms with van der Waals surface area (Å²) in [5, 5.41) is 4.09. The fraction of sp³-hybridized carbons (Fsp3) is 0.556. The molecule has 1 unspecified atom stereocenters. The molecule has 0 aliphatic carbocycles. The third-order valence-electron chi connectivity index (χ3n) is 2.01. The largest absolute Gasteiger partial charge is 0.332 e. The average Bonchev–Trinajstić information content (AvgIpc) is 2.55. The third kappa shape index (κ3) is 2.01. The minimum Gasteiger partial charge on any atom is -0.231 e. The van der Waals surface area contributed by atoms with E-state index in [-0.39, 0.29) is 4.59 Å². The van der Waals surface area contributed by atoms with Crippen molar-refractivity contribution in [2.45, 2.75) is 26.2 Å². The van der Waals surface area contributed by atoms with Gasteiger partial charge < -0.3 is 0 Å². The maximum atomic E-state index is 10.7. The number of hydrogen-bond donors (Lipinski definition) is 0. The van der Waals surface area contributed by atoms with Gasteiger partial charge in [-0.1, -0.05) is 18.4 Å². The molecule has 0 spiro atoms. The molecule has 1 aliphatic rings. The zero-order valence-corrected chi connectivity index (χ0v) is 7.44. The van der Waals surface area contributed by atoms with Crippen molar-refractivity contribution < 1.29 is 9.39 Å². The van der Waals surface area contributed by atoms with Crippen LogP contribution in [0.4, 0.5) is 0 Å². The average molecular weight is 167 g/mol. The van der Waals surface area contributed by atoms with E-state index in [1.807, 2.05) is 12.3 Å². The number of hydrogen-bond acceptors (Lipinski definition) is 2. The first-order valence-corrected chi connectivity index (χ1v) is 4.40. The molecule has 1 atom stereocenters. The zero-order valence-electron chi connectivity index (χ0n) is 7.44. The van der Waals surface area contributed by atoms with Gasteiger partial charge in [0.25, 0.3) is 0 Å². The highest BCUT2D eigenvalue weighted by molar-refractivity contribution is 5.72. The van der Waals surface area contributed by atoms with Gasteiger partial charge in [-0.05, 0) is 12.8 Å². The van der Waals surface area contributed by atoms with Gasteiger partial charge in [0.05, 0.1) is 6.21 Å². The molecule has 0 aromatic heterocycles. The molecule has 1 heterocycles. The summed E-state index contributed by atoms with van der Waals surface area (Å²) < 4.78 is 0.139. The van der Waals surface area contributed by atoms with Gasteiger partial charge in [-0.15, -0.1) is 4.59 Å². The highest BCUT2D eigenvalue weighted by Gasteiger charge is 2.25. The zero-order chi connectivity index (χ0) is 8.86. The fourth-order valence-corrected chi connectivity index (χ4v) is 1.25. The number of quaternary nitrogens is 1. The number of rotatable bonds is 5. The fourth-order valence-electron chi connectivity index (χ4n) is 1.25. The van der Waals surface area contributed by atoms with Crippen molar-refractivity contribution in [3.63, 3.8) is 0 Å². The van der Waals surface area contributed by atoms with Crippen LogP contribution in [-0.4, -0.2) is 23.8 Å². The minimum absolute atomic E-state index is 0.139. The molecular formula is C9H15N2O+. The predicted octanol–water partition coefficient (Wildman–Crippen LogP) is 1.66. The molecule has 0 aromatic rings. The second-order valence-electron chi connectivity index (χ2n) is 3.03. The number of amides is 1. The van der Waals surface area contributed by atoms with Crippen LogP contribution in [0, 0.1) is 0 Å². The monoisotopic (exact) mass is 167 g/mol. The number of carbonyl (C=O) groups is 1. The number of allylic oxidation sites excluding steroid dienone is 1. The number of unbranched alkanes of at least 4 members (excludes halogenated alkanes) is 2. The predicted molar refractivity (Wildman–Crippen MR) is 48.3 cm³/mol. The Kier molecular flexibility index (Phi) is 3.17. The van der Waals surface area contributed by atoms with Gasteiger partial charge in [-0.2, -0.15) is 0 Å². The molecule has 0 saturated heterocycles. The molecule has 3 nitrogen and oxygen atoms in total. The van der Waals surface area contributed by atoms with E-state index in [0.717, 1.165) is 25.8 Å². The smallest absolute Gasteiger partial charge is 0.231 e. The van der Waals surface area contributed by atoms with Gasteiger partial charge in [0.2, 0.25) is 0 Å². The van der Waals surface area contributed by atoms with Crippen molar-refractivity contribution in [3.05, 3.63) is 12.3 Å². The Balaban J connectivity index is 2.41. The summed E-state index contributed by atoms with van der Waals surface area (Å²) in [5.41, 5.74) is 0. The molecular weight excluding hydrogens is 152 g/mol. The summed E-state index contributed by atoms with van der Waals surface area (Å²) in [6.07, 6.45) is 9.60. The normalized spacial score (nSPS) is 26.4. The molecule has 0 saturated carbocycles. The van der Waals surface area contributed by atoms with Crippen LogP contribution in [0.15, 0.2) is 17.4 Å². The standard InChI is InChI=1S/C9H15N2O/c1-2-3-4-7-11(9-12)8-5-6-10-11/h5-6,8-9H,2-4,7H2,1H3/q+1. The number of carbonyl (C=O) groups excluding carboxylic acids is 1. The second-order valence-corrected chi connectivity index (χ2v) is 3.03. The molecule has 0 fully saturated rings. The third-order valence-corrected chi connectivity index (χ3v) is 2.01. The summed E-state index contributed by atoms with van der Waals surface area (Å²) in [4.78, 5) is 10.7. The Hall–Kier alpha value is -0.960. The first-order valence-electron chi connectivity index (χ1n) is 4.40. The summed E-state index contributed by atoms with van der Waals surface area (Å²) >= 11 is 0. The van der Waals surface area contributed by atoms with Gasteiger partial charge in [-0.3, -0.25) is 0 Å². The summed E-state index contributed by atoms with van der Waals surface area (Å²) in [6, 6.07) is 0. The highest BCUT2D eigenvalue weighted by Crippen LogP contribution is 2.12. The molecule has 3 heteroatoms. The molecule has 0 radical (unpaired) electrons. The summed E-state index contributed by atoms with van der Waals surface area (Å²) in [6.45, 7) is 2.94. The van der Waals surface area contributed by atoms with E-state index in [1.165, 1.54) is 6.42 Å². The van der Waals surface area contributed by atoms with E-state index in [2.05, 4.69) is 12.0 Å². The topological polar surface area (TPSA) is 29.4 Å². The van der Waals surface area contributed by atoms with Crippen LogP contribution in [0.2, 0.25) is 0 Å². The van der Waals surface area contributed by atoms with Crippen LogP contribution in [0.25, 0.3) is 0 Å². The van der Waals surface area contributed by atoms with Gasteiger partial charge in [0.15, 0.2) is 0 Å². The van der Waals surface area contributed by atoms with E-state index in [1.54, 1.807) is 6.21 Å². The Labute approximate surface area is 73.0 Å². The van der Waals surface area contributed by atoms with Crippen molar-refractivity contribution >= 4 is 12.6 Å². The number of nitrogens with zero attached hydrogens (tertiary/aromatic N) is 2. The maximum Gasteiger partial charge on any atom is 0.332 e. The van der Waals surface area contributed by atoms with Gasteiger partial charge in [0, 0.05) is 6.08 Å². The van der Waals surface area contributed by atoms with E-state index in [9.17, 15) is 4.79 Å². The minimum atomic E-state index is 0.139. The van der Waals surface area contributed by atoms with Crippen LogP contribution in [-0.2, 0) is 4.79 Å². The molecule has 0 aromatic carbocycles. The van der Waals surface area contributed by atoms with Crippen molar-refractivity contribution in [2.24, 2.45) is 5.10 Å². The van der Waals surface area contributed by atoms with E-state index in [0.29, 0.717) is 0 Å². The molecule has 66 valence electrons. The molecule has 0 bridgehead atoms. The lowest BCUT2D eigenvalue weighted by Crippen LogP contribution is -2.34. The van der Waals surface area contributed by atoms with Gasteiger partial charge in [0.1, 0.15) is 12.7 Å². The maximum absolute atomic E-state index is 10.7. The van der Waals surface area contributed by atoms with E-state index < -0.39 is 0 Å². The Morgan fingerprint density at radius 2 is 2.33 bits per heavy atom. The second kappa shape index (κ2) is 4.16. The molecule has 1 amide bonds. The van der Waals surface area contributed by atoms with Crippen molar-refractivity contribution in [1.82, 2.24) is 0 Å². The van der Waals surface area contributed by atoms with Gasteiger partial charge >= 0.3 is 6.41 Å². The molecule has 1 rings (SSSR count). The van der Waals surface area contributed by atoms with Crippen molar-refractivity contribution in [1.29, 1.82) is 0 Å². The lowest BCUT2D eigenvalue weighted by Gasteiger charge is -2.16. The van der Waals surface area contributed by atoms with Crippen LogP contribution < -0.4 is 0 Å². The van der Waals surface area contributed by atoms with Crippen LogP contribution in [0.3, 0.4) is 0 Å². The van der Waals surface area contributed by atoms with E-state index >= 15 is 0 Å². The highest BCUT2D eigenvalue weighted by atomic mass is 16.2. The Bertz CT molecular complexity index is 197. The first-order chi connectivity index (χ1) is 5.83. The van der Waals surface area contributed by atoms with Crippen molar-refractivity contribution in [3.8, 4) is 0 Å². The van der Waals surface area contributed by atoms with Crippen molar-refractivity contribution in [2.75, 3.05) is 6.54 Å². The molecule has 0 N–H and O–H groups in total. The quantitative estimate of drug-likeness (QED) is 0.348. The molecule has 12 heavy (non-hydrogen) atoms. The summed E-state index contributed by atoms with van der Waals surface area (Å²) in [5.74, 6) is 0. The van der Waals surface area contributed by atoms with Crippen LogP contribution in [0.5, 0.6) is 0 Å². The summed E-state index contributed by atoms with van der Waals surface area (Å²) in [7, 11) is 0. The lowest BCUT2D eigenvalue weighted by molar-refractivity contribution is -0.797. The van der Waals surface area contributed by atoms with E-state index in [4.69, 9.17) is 0 Å². The Morgan fingerprint density at radius 1 is 1.50 bits per heavy atom. The Morgan fingerprint density at radius 3 is 2.83 bits per heavy atom.